The maximum absolute atomic E-state index is 12.0. The predicted octanol–water partition coefficient (Wildman–Crippen LogP) is 0.529. The maximum atomic E-state index is 12.0. The number of hydrogen-bond donors (Lipinski definition) is 1. The van der Waals surface area contributed by atoms with Crippen molar-refractivity contribution >= 4 is 11.9 Å². The summed E-state index contributed by atoms with van der Waals surface area (Å²) < 4.78 is 1.53. The zero-order valence-corrected chi connectivity index (χ0v) is 10.3. The average Bonchev–Trinajstić information content (AvgIpc) is 2.66. The van der Waals surface area contributed by atoms with Gasteiger partial charge in [-0.15, -0.1) is 0 Å². The van der Waals surface area contributed by atoms with Crippen LogP contribution in [0.5, 0.6) is 0 Å². The number of nitrogens with zero attached hydrogens (tertiary/aromatic N) is 3. The number of rotatable bonds is 5. The molecule has 1 heterocycles. The second-order valence-electron chi connectivity index (χ2n) is 3.87. The Morgan fingerprint density at radius 1 is 1.53 bits per heavy atom. The van der Waals surface area contributed by atoms with Crippen LogP contribution in [0.25, 0.3) is 0 Å². The van der Waals surface area contributed by atoms with Crippen LogP contribution in [-0.2, 0) is 18.3 Å². The van der Waals surface area contributed by atoms with Crippen LogP contribution in [0.3, 0.4) is 0 Å². The quantitative estimate of drug-likeness (QED) is 0.813. The van der Waals surface area contributed by atoms with E-state index in [-0.39, 0.29) is 18.9 Å². The monoisotopic (exact) mass is 239 g/mol. The Kier molecular flexibility index (Phi) is 4.25. The fourth-order valence-corrected chi connectivity index (χ4v) is 1.46. The molecule has 6 nitrogen and oxygen atoms in total. The second kappa shape index (κ2) is 5.47. The normalized spacial score (nSPS) is 10.3. The summed E-state index contributed by atoms with van der Waals surface area (Å²) in [6, 6.07) is 1.74. The molecule has 6 heteroatoms. The van der Waals surface area contributed by atoms with Gasteiger partial charge < -0.3 is 10.0 Å². The molecule has 1 N–H and O–H groups in total. The van der Waals surface area contributed by atoms with E-state index in [1.54, 1.807) is 20.2 Å². The third-order valence-corrected chi connectivity index (χ3v) is 2.52. The highest BCUT2D eigenvalue weighted by molar-refractivity contribution is 5.92. The number of carboxylic acids is 1. The van der Waals surface area contributed by atoms with Crippen LogP contribution in [0.15, 0.2) is 6.07 Å². The highest BCUT2D eigenvalue weighted by Gasteiger charge is 2.17. The molecule has 94 valence electrons. The molecule has 0 fully saturated rings. The molecule has 0 atom stereocenters. The van der Waals surface area contributed by atoms with Crippen molar-refractivity contribution in [3.05, 3.63) is 17.5 Å². The standard InChI is InChI=1S/C11H17N3O3/c1-4-8-7-9(14(3)12-8)11(17)13(2)6-5-10(15)16/h7H,4-6H2,1-3H3,(H,15,16). The first-order chi connectivity index (χ1) is 7.95. The van der Waals surface area contributed by atoms with Gasteiger partial charge in [-0.05, 0) is 12.5 Å². The van der Waals surface area contributed by atoms with Crippen molar-refractivity contribution in [2.75, 3.05) is 13.6 Å². The molecule has 1 amide bonds. The van der Waals surface area contributed by atoms with E-state index in [0.717, 1.165) is 12.1 Å². The molecule has 0 saturated heterocycles. The van der Waals surface area contributed by atoms with Gasteiger partial charge in [0.1, 0.15) is 5.69 Å². The van der Waals surface area contributed by atoms with Crippen LogP contribution in [0.4, 0.5) is 0 Å². The summed E-state index contributed by atoms with van der Waals surface area (Å²) in [6.45, 7) is 2.16. The Bertz CT molecular complexity index is 426. The molecule has 0 aromatic carbocycles. The zero-order valence-electron chi connectivity index (χ0n) is 10.3. The molecular formula is C11H17N3O3. The van der Waals surface area contributed by atoms with E-state index in [4.69, 9.17) is 5.11 Å². The van der Waals surface area contributed by atoms with Crippen LogP contribution >= 0.6 is 0 Å². The van der Waals surface area contributed by atoms with Gasteiger partial charge in [-0.25, -0.2) is 0 Å². The van der Waals surface area contributed by atoms with Crippen molar-refractivity contribution in [2.45, 2.75) is 19.8 Å². The Hall–Kier alpha value is -1.85. The largest absolute Gasteiger partial charge is 0.481 e. The Balaban J connectivity index is 2.74. The molecular weight excluding hydrogens is 222 g/mol. The third-order valence-electron chi connectivity index (χ3n) is 2.52. The first-order valence-corrected chi connectivity index (χ1v) is 5.45. The molecule has 0 aliphatic heterocycles. The molecule has 1 aromatic heterocycles. The number of amides is 1. The van der Waals surface area contributed by atoms with Gasteiger partial charge in [-0.3, -0.25) is 14.3 Å². The van der Waals surface area contributed by atoms with Crippen molar-refractivity contribution in [2.24, 2.45) is 7.05 Å². The van der Waals surface area contributed by atoms with Gasteiger partial charge in [-0.2, -0.15) is 5.10 Å². The van der Waals surface area contributed by atoms with Gasteiger partial charge >= 0.3 is 5.97 Å². The lowest BCUT2D eigenvalue weighted by molar-refractivity contribution is -0.137. The molecule has 17 heavy (non-hydrogen) atoms. The lowest BCUT2D eigenvalue weighted by Gasteiger charge is -2.15. The summed E-state index contributed by atoms with van der Waals surface area (Å²) in [5, 5.41) is 12.7. The smallest absolute Gasteiger partial charge is 0.305 e. The summed E-state index contributed by atoms with van der Waals surface area (Å²) in [7, 11) is 3.29. The minimum atomic E-state index is -0.913. The number of carbonyl (C=O) groups is 2. The summed E-state index contributed by atoms with van der Waals surface area (Å²) in [4.78, 5) is 23.8. The molecule has 0 aliphatic carbocycles. The molecule has 0 bridgehead atoms. The SMILES string of the molecule is CCc1cc(C(=O)N(C)CCC(=O)O)n(C)n1. The maximum Gasteiger partial charge on any atom is 0.305 e. The topological polar surface area (TPSA) is 75.4 Å². The minimum Gasteiger partial charge on any atom is -0.481 e. The number of aryl methyl sites for hydroxylation is 2. The van der Waals surface area contributed by atoms with E-state index in [1.165, 1.54) is 9.58 Å². The molecule has 0 saturated carbocycles. The van der Waals surface area contributed by atoms with Crippen LogP contribution in [0, 0.1) is 0 Å². The summed E-state index contributed by atoms with van der Waals surface area (Å²) in [5.41, 5.74) is 1.33. The molecule has 0 spiro atoms. The summed E-state index contributed by atoms with van der Waals surface area (Å²) >= 11 is 0. The average molecular weight is 239 g/mol. The Morgan fingerprint density at radius 2 is 2.18 bits per heavy atom. The second-order valence-corrected chi connectivity index (χ2v) is 3.87. The number of carbonyl (C=O) groups excluding carboxylic acids is 1. The number of hydrogen-bond acceptors (Lipinski definition) is 3. The lowest BCUT2D eigenvalue weighted by Crippen LogP contribution is -2.30. The minimum absolute atomic E-state index is 0.0548. The highest BCUT2D eigenvalue weighted by atomic mass is 16.4. The summed E-state index contributed by atoms with van der Waals surface area (Å²) in [5.74, 6) is -1.12. The number of aromatic nitrogens is 2. The summed E-state index contributed by atoms with van der Waals surface area (Å²) in [6.07, 6.45) is 0.709. The van der Waals surface area contributed by atoms with Crippen molar-refractivity contribution in [3.8, 4) is 0 Å². The van der Waals surface area contributed by atoms with E-state index in [0.29, 0.717) is 5.69 Å². The highest BCUT2D eigenvalue weighted by Crippen LogP contribution is 2.07. The van der Waals surface area contributed by atoms with Gasteiger partial charge in [-0.1, -0.05) is 6.92 Å². The van der Waals surface area contributed by atoms with Gasteiger partial charge in [0.25, 0.3) is 5.91 Å². The van der Waals surface area contributed by atoms with Gasteiger partial charge in [0.15, 0.2) is 0 Å². The Labute approximate surface area is 99.8 Å². The molecule has 0 radical (unpaired) electrons. The predicted molar refractivity (Wildman–Crippen MR) is 61.8 cm³/mol. The number of carboxylic acid groups (broad SMARTS) is 1. The fourth-order valence-electron chi connectivity index (χ4n) is 1.46. The van der Waals surface area contributed by atoms with Crippen LogP contribution in [0.1, 0.15) is 29.5 Å². The molecule has 0 unspecified atom stereocenters. The molecule has 1 rings (SSSR count). The van der Waals surface area contributed by atoms with E-state index >= 15 is 0 Å². The zero-order chi connectivity index (χ0) is 13.0. The first kappa shape index (κ1) is 13.2. The van der Waals surface area contributed by atoms with Crippen LogP contribution in [-0.4, -0.2) is 45.3 Å². The van der Waals surface area contributed by atoms with E-state index in [1.807, 2.05) is 6.92 Å². The molecule has 0 aliphatic rings. The molecule has 1 aromatic rings. The van der Waals surface area contributed by atoms with Gasteiger partial charge in [0, 0.05) is 20.6 Å². The Morgan fingerprint density at radius 3 is 2.65 bits per heavy atom. The van der Waals surface area contributed by atoms with E-state index < -0.39 is 5.97 Å². The van der Waals surface area contributed by atoms with Crippen molar-refractivity contribution in [1.29, 1.82) is 0 Å². The van der Waals surface area contributed by atoms with E-state index in [9.17, 15) is 9.59 Å². The third kappa shape index (κ3) is 3.30. The number of aliphatic carboxylic acids is 1. The van der Waals surface area contributed by atoms with Crippen molar-refractivity contribution in [1.82, 2.24) is 14.7 Å². The fraction of sp³-hybridized carbons (Fsp3) is 0.545. The van der Waals surface area contributed by atoms with E-state index in [2.05, 4.69) is 5.10 Å². The lowest BCUT2D eigenvalue weighted by atomic mass is 10.3. The van der Waals surface area contributed by atoms with Crippen molar-refractivity contribution < 1.29 is 14.7 Å². The van der Waals surface area contributed by atoms with Crippen LogP contribution in [0.2, 0.25) is 0 Å². The van der Waals surface area contributed by atoms with Crippen molar-refractivity contribution in [3.63, 3.8) is 0 Å². The van der Waals surface area contributed by atoms with Gasteiger partial charge in [0.05, 0.1) is 12.1 Å². The first-order valence-electron chi connectivity index (χ1n) is 5.45. The van der Waals surface area contributed by atoms with Crippen LogP contribution < -0.4 is 0 Å². The van der Waals surface area contributed by atoms with Gasteiger partial charge in [0.2, 0.25) is 0 Å².